The molecule has 1 amide bonds. The van der Waals surface area contributed by atoms with Crippen molar-refractivity contribution in [2.75, 3.05) is 0 Å². The fourth-order valence-corrected chi connectivity index (χ4v) is 1.78. The summed E-state index contributed by atoms with van der Waals surface area (Å²) in [4.78, 5) is 25.7. The zero-order valence-electron chi connectivity index (χ0n) is 9.67. The highest BCUT2D eigenvalue weighted by atomic mass is 35.5. The molecule has 10 heteroatoms. The molecule has 0 bridgehead atoms. The van der Waals surface area contributed by atoms with E-state index in [2.05, 4.69) is 20.0 Å². The molecule has 0 aliphatic rings. The maximum Gasteiger partial charge on any atom is 0.271 e. The second kappa shape index (κ2) is 5.85. The zero-order chi connectivity index (χ0) is 14.7. The molecule has 0 saturated heterocycles. The van der Waals surface area contributed by atoms with Gasteiger partial charge in [0.2, 0.25) is 6.39 Å². The predicted octanol–water partition coefficient (Wildman–Crippen LogP) is 2.21. The first kappa shape index (κ1) is 14.2. The Kier molecular flexibility index (Phi) is 4.16. The third-order valence-electron chi connectivity index (χ3n) is 2.28. The SMILES string of the molecule is O=C(NCc1ncon1)c1cc([N+](=O)[O-])cc(Cl)c1Cl. The molecule has 1 aromatic heterocycles. The van der Waals surface area contributed by atoms with Crippen LogP contribution in [0.15, 0.2) is 23.0 Å². The third-order valence-corrected chi connectivity index (χ3v) is 3.08. The summed E-state index contributed by atoms with van der Waals surface area (Å²) in [5.74, 6) is -0.378. The Bertz CT molecular complexity index is 660. The zero-order valence-corrected chi connectivity index (χ0v) is 11.2. The maximum absolute atomic E-state index is 11.9. The van der Waals surface area contributed by atoms with Gasteiger partial charge in [-0.25, -0.2) is 0 Å². The monoisotopic (exact) mass is 316 g/mol. The second-order valence-corrected chi connectivity index (χ2v) is 4.36. The highest BCUT2D eigenvalue weighted by Crippen LogP contribution is 2.30. The lowest BCUT2D eigenvalue weighted by Gasteiger charge is -2.06. The number of carbonyl (C=O) groups is 1. The van der Waals surface area contributed by atoms with Crippen LogP contribution in [0.2, 0.25) is 10.0 Å². The van der Waals surface area contributed by atoms with Gasteiger partial charge in [0.05, 0.1) is 27.1 Å². The molecule has 0 fully saturated rings. The number of nitro groups is 1. The van der Waals surface area contributed by atoms with Crippen LogP contribution in [-0.4, -0.2) is 21.0 Å². The molecule has 20 heavy (non-hydrogen) atoms. The first-order valence-electron chi connectivity index (χ1n) is 5.16. The van der Waals surface area contributed by atoms with Crippen LogP contribution in [0.1, 0.15) is 16.2 Å². The van der Waals surface area contributed by atoms with Crippen molar-refractivity contribution < 1.29 is 14.2 Å². The highest BCUT2D eigenvalue weighted by Gasteiger charge is 2.19. The molecule has 1 N–H and O–H groups in total. The van der Waals surface area contributed by atoms with E-state index in [0.717, 1.165) is 18.5 Å². The number of hydrogen-bond acceptors (Lipinski definition) is 6. The number of hydrogen-bond donors (Lipinski definition) is 1. The molecule has 0 saturated carbocycles. The number of aromatic nitrogens is 2. The van der Waals surface area contributed by atoms with Gasteiger partial charge in [-0.15, -0.1) is 0 Å². The minimum Gasteiger partial charge on any atom is -0.345 e. The largest absolute Gasteiger partial charge is 0.345 e. The maximum atomic E-state index is 11.9. The molecule has 0 radical (unpaired) electrons. The first-order chi connectivity index (χ1) is 9.49. The highest BCUT2D eigenvalue weighted by molar-refractivity contribution is 6.44. The van der Waals surface area contributed by atoms with Crippen LogP contribution in [-0.2, 0) is 6.54 Å². The van der Waals surface area contributed by atoms with Crippen LogP contribution >= 0.6 is 23.2 Å². The Morgan fingerprint density at radius 2 is 2.20 bits per heavy atom. The quantitative estimate of drug-likeness (QED) is 0.683. The smallest absolute Gasteiger partial charge is 0.271 e. The molecular formula is C10H6Cl2N4O4. The normalized spacial score (nSPS) is 10.3. The van der Waals surface area contributed by atoms with Crippen molar-refractivity contribution in [2.24, 2.45) is 0 Å². The van der Waals surface area contributed by atoms with E-state index in [9.17, 15) is 14.9 Å². The molecule has 0 aliphatic carbocycles. The molecule has 104 valence electrons. The summed E-state index contributed by atoms with van der Waals surface area (Å²) >= 11 is 11.6. The topological polar surface area (TPSA) is 111 Å². The molecule has 0 atom stereocenters. The van der Waals surface area contributed by atoms with Gasteiger partial charge in [-0.3, -0.25) is 14.9 Å². The summed E-state index contributed by atoms with van der Waals surface area (Å²) in [6.45, 7) is -0.00796. The van der Waals surface area contributed by atoms with Gasteiger partial charge < -0.3 is 9.84 Å². The number of nitrogens with one attached hydrogen (secondary N) is 1. The van der Waals surface area contributed by atoms with Gasteiger partial charge in [-0.05, 0) is 0 Å². The summed E-state index contributed by atoms with van der Waals surface area (Å²) < 4.78 is 4.50. The number of non-ortho nitro benzene ring substituents is 1. The summed E-state index contributed by atoms with van der Waals surface area (Å²) in [7, 11) is 0. The Morgan fingerprint density at radius 3 is 2.80 bits per heavy atom. The summed E-state index contributed by atoms with van der Waals surface area (Å²) in [5, 5.41) is 16.5. The average Bonchev–Trinajstić information content (AvgIpc) is 2.92. The number of rotatable bonds is 4. The van der Waals surface area contributed by atoms with E-state index in [1.165, 1.54) is 0 Å². The van der Waals surface area contributed by atoms with Crippen LogP contribution in [0.25, 0.3) is 0 Å². The molecule has 1 heterocycles. The number of nitrogens with zero attached hydrogens (tertiary/aromatic N) is 3. The molecular weight excluding hydrogens is 311 g/mol. The molecule has 0 aliphatic heterocycles. The van der Waals surface area contributed by atoms with Crippen LogP contribution < -0.4 is 5.32 Å². The van der Waals surface area contributed by atoms with Crippen molar-refractivity contribution in [1.29, 1.82) is 0 Å². The van der Waals surface area contributed by atoms with Crippen LogP contribution in [0, 0.1) is 10.1 Å². The minimum absolute atomic E-state index is 0.00796. The van der Waals surface area contributed by atoms with Crippen molar-refractivity contribution in [2.45, 2.75) is 6.54 Å². The first-order valence-corrected chi connectivity index (χ1v) is 5.91. The van der Waals surface area contributed by atoms with E-state index in [0.29, 0.717) is 0 Å². The van der Waals surface area contributed by atoms with Gasteiger partial charge in [0.25, 0.3) is 11.6 Å². The van der Waals surface area contributed by atoms with Gasteiger partial charge >= 0.3 is 0 Å². The molecule has 0 spiro atoms. The van der Waals surface area contributed by atoms with Gasteiger partial charge in [-0.2, -0.15) is 4.98 Å². The van der Waals surface area contributed by atoms with Crippen molar-refractivity contribution in [3.63, 3.8) is 0 Å². The summed E-state index contributed by atoms with van der Waals surface area (Å²) in [6.07, 6.45) is 1.11. The van der Waals surface area contributed by atoms with Crippen LogP contribution in [0.4, 0.5) is 5.69 Å². The van der Waals surface area contributed by atoms with Crippen LogP contribution in [0.3, 0.4) is 0 Å². The Balaban J connectivity index is 2.22. The fraction of sp³-hybridized carbons (Fsp3) is 0.100. The van der Waals surface area contributed by atoms with E-state index in [4.69, 9.17) is 23.2 Å². The van der Waals surface area contributed by atoms with Crippen LogP contribution in [0.5, 0.6) is 0 Å². The number of carbonyl (C=O) groups excluding carboxylic acids is 1. The van der Waals surface area contributed by atoms with Crippen molar-refractivity contribution >= 4 is 34.8 Å². The predicted molar refractivity (Wildman–Crippen MR) is 68.6 cm³/mol. The molecule has 2 aromatic rings. The van der Waals surface area contributed by atoms with Gasteiger partial charge in [0.15, 0.2) is 5.82 Å². The third kappa shape index (κ3) is 3.03. The Labute approximate surface area is 121 Å². The van der Waals surface area contributed by atoms with Crippen molar-refractivity contribution in [3.8, 4) is 0 Å². The lowest BCUT2D eigenvalue weighted by Crippen LogP contribution is -2.23. The van der Waals surface area contributed by atoms with Gasteiger partial charge in [-0.1, -0.05) is 28.4 Å². The molecule has 8 nitrogen and oxygen atoms in total. The average molecular weight is 317 g/mol. The van der Waals surface area contributed by atoms with E-state index in [-0.39, 0.29) is 33.7 Å². The van der Waals surface area contributed by atoms with E-state index in [1.807, 2.05) is 0 Å². The van der Waals surface area contributed by atoms with Gasteiger partial charge in [0.1, 0.15) is 0 Å². The number of amides is 1. The van der Waals surface area contributed by atoms with Crippen molar-refractivity contribution in [3.05, 3.63) is 50.1 Å². The number of halogens is 2. The lowest BCUT2D eigenvalue weighted by atomic mass is 10.2. The van der Waals surface area contributed by atoms with E-state index >= 15 is 0 Å². The molecule has 2 rings (SSSR count). The molecule has 1 aromatic carbocycles. The minimum atomic E-state index is -0.668. The Morgan fingerprint density at radius 1 is 1.45 bits per heavy atom. The fourth-order valence-electron chi connectivity index (χ4n) is 1.37. The van der Waals surface area contributed by atoms with Crippen molar-refractivity contribution in [1.82, 2.24) is 15.5 Å². The lowest BCUT2D eigenvalue weighted by molar-refractivity contribution is -0.384. The van der Waals surface area contributed by atoms with Gasteiger partial charge in [0, 0.05) is 12.1 Å². The second-order valence-electron chi connectivity index (χ2n) is 3.58. The summed E-state index contributed by atoms with van der Waals surface area (Å²) in [6, 6.07) is 2.11. The number of nitro benzene ring substituents is 1. The van der Waals surface area contributed by atoms with E-state index in [1.54, 1.807) is 0 Å². The summed E-state index contributed by atoms with van der Waals surface area (Å²) in [5.41, 5.74) is -0.432. The standard InChI is InChI=1S/C10H6Cl2N4O4/c11-7-2-5(16(18)19)1-6(9(7)12)10(17)13-3-8-14-4-20-15-8/h1-2,4H,3H2,(H,13,17). The molecule has 0 unspecified atom stereocenters. The Hall–Kier alpha value is -2.19. The van der Waals surface area contributed by atoms with E-state index < -0.39 is 10.8 Å². The number of benzene rings is 1.